The zero-order valence-corrected chi connectivity index (χ0v) is 12.2. The molecule has 0 bridgehead atoms. The third-order valence-electron chi connectivity index (χ3n) is 2.26. The van der Waals surface area contributed by atoms with E-state index in [1.54, 1.807) is 6.26 Å². The van der Waals surface area contributed by atoms with Gasteiger partial charge in [-0.15, -0.1) is 0 Å². The average Bonchev–Trinajstić information content (AvgIpc) is 2.45. The van der Waals surface area contributed by atoms with E-state index in [2.05, 4.69) is 20.3 Å². The zero-order chi connectivity index (χ0) is 15.8. The number of aromatic nitrogens is 2. The molecule has 110 valence electrons. The van der Waals surface area contributed by atoms with Gasteiger partial charge in [0.2, 0.25) is 11.0 Å². The van der Waals surface area contributed by atoms with Gasteiger partial charge in [0.1, 0.15) is 23.7 Å². The number of nitrogens with one attached hydrogen (secondary N) is 1. The first-order valence-electron chi connectivity index (χ1n) is 5.69. The van der Waals surface area contributed by atoms with E-state index in [-0.39, 0.29) is 24.1 Å². The van der Waals surface area contributed by atoms with E-state index in [0.29, 0.717) is 16.3 Å². The summed E-state index contributed by atoms with van der Waals surface area (Å²) in [6.07, 6.45) is 4.43. The lowest BCUT2D eigenvalue weighted by molar-refractivity contribution is -0.107. The highest BCUT2D eigenvalue weighted by molar-refractivity contribution is 8.13. The number of rotatable bonds is 5. The number of hydrogen-bond donors (Lipinski definition) is 5. The number of hydrogen-bond acceptors (Lipinski definition) is 9. The van der Waals surface area contributed by atoms with E-state index >= 15 is 0 Å². The lowest BCUT2D eigenvalue weighted by Gasteiger charge is -2.09. The van der Waals surface area contributed by atoms with Crippen LogP contribution in [-0.4, -0.2) is 34.0 Å². The van der Waals surface area contributed by atoms with Gasteiger partial charge in [0.15, 0.2) is 0 Å². The molecule has 0 radical (unpaired) electrons. The van der Waals surface area contributed by atoms with Crippen molar-refractivity contribution in [1.29, 1.82) is 5.26 Å². The molecule has 0 atom stereocenters. The maximum Gasteiger partial charge on any atom is 0.246 e. The Balaban J connectivity index is 3.01. The fourth-order valence-corrected chi connectivity index (χ4v) is 1.75. The van der Waals surface area contributed by atoms with Crippen LogP contribution in [0.2, 0.25) is 0 Å². The van der Waals surface area contributed by atoms with E-state index in [9.17, 15) is 0 Å². The molecular weight excluding hydrogens is 290 g/mol. The van der Waals surface area contributed by atoms with Crippen LogP contribution in [-0.2, 0) is 0 Å². The second-order valence-electron chi connectivity index (χ2n) is 3.64. The Labute approximate surface area is 125 Å². The molecule has 0 aliphatic carbocycles. The van der Waals surface area contributed by atoms with Crippen LogP contribution in [0.5, 0.6) is 0 Å². The van der Waals surface area contributed by atoms with Crippen LogP contribution in [0.1, 0.15) is 5.56 Å². The highest BCUT2D eigenvalue weighted by atomic mass is 32.2. The smallest absolute Gasteiger partial charge is 0.246 e. The van der Waals surface area contributed by atoms with Crippen molar-refractivity contribution in [3.63, 3.8) is 0 Å². The van der Waals surface area contributed by atoms with Crippen LogP contribution in [0.15, 0.2) is 16.9 Å². The molecule has 9 N–H and O–H groups in total. The molecule has 0 saturated carbocycles. The molecule has 0 aliphatic heterocycles. The highest BCUT2D eigenvalue weighted by Crippen LogP contribution is 2.21. The summed E-state index contributed by atoms with van der Waals surface area (Å²) >= 11 is 1.29. The Bertz CT molecular complexity index is 606. The predicted molar refractivity (Wildman–Crippen MR) is 85.3 cm³/mol. The predicted octanol–water partition coefficient (Wildman–Crippen LogP) is -1.68. The molecule has 0 aliphatic rings. The van der Waals surface area contributed by atoms with Crippen LogP contribution >= 0.6 is 11.8 Å². The SMILES string of the molecule is CSC(=[NH2+])c1c(N)nc(NC(C=NCC#N)=CN)nc1N. The van der Waals surface area contributed by atoms with E-state index in [1.165, 1.54) is 24.2 Å². The quantitative estimate of drug-likeness (QED) is 0.243. The summed E-state index contributed by atoms with van der Waals surface area (Å²) in [7, 11) is 0. The van der Waals surface area contributed by atoms with Crippen LogP contribution in [0.4, 0.5) is 17.6 Å². The van der Waals surface area contributed by atoms with Gasteiger partial charge in [0.05, 0.1) is 11.8 Å². The first-order chi connectivity index (χ1) is 10.0. The Morgan fingerprint density at radius 1 is 1.48 bits per heavy atom. The van der Waals surface area contributed by atoms with E-state index in [1.807, 2.05) is 6.07 Å². The minimum atomic E-state index is 0.0162. The zero-order valence-electron chi connectivity index (χ0n) is 11.4. The van der Waals surface area contributed by atoms with E-state index < -0.39 is 0 Å². The Morgan fingerprint density at radius 3 is 2.57 bits per heavy atom. The second kappa shape index (κ2) is 7.71. The van der Waals surface area contributed by atoms with Gasteiger partial charge in [-0.2, -0.15) is 15.2 Å². The molecule has 0 saturated heterocycles. The normalized spacial score (nSPS) is 11.3. The van der Waals surface area contributed by atoms with Gasteiger partial charge >= 0.3 is 0 Å². The van der Waals surface area contributed by atoms with Gasteiger partial charge in [0, 0.05) is 12.4 Å². The van der Waals surface area contributed by atoms with Crippen molar-refractivity contribution < 1.29 is 5.41 Å². The summed E-state index contributed by atoms with van der Waals surface area (Å²) in [4.78, 5) is 11.9. The van der Waals surface area contributed by atoms with Crippen molar-refractivity contribution in [2.45, 2.75) is 0 Å². The van der Waals surface area contributed by atoms with Crippen molar-refractivity contribution in [2.75, 3.05) is 29.6 Å². The van der Waals surface area contributed by atoms with Gasteiger partial charge in [-0.25, -0.2) is 5.41 Å². The number of allylic oxidation sites excluding steroid dienone is 1. The maximum absolute atomic E-state index is 8.41. The molecule has 1 heterocycles. The van der Waals surface area contributed by atoms with Crippen molar-refractivity contribution in [3.8, 4) is 6.07 Å². The molecule has 0 amide bonds. The average molecular weight is 306 g/mol. The number of nitrogen functional groups attached to an aromatic ring is 2. The lowest BCUT2D eigenvalue weighted by atomic mass is 10.3. The van der Waals surface area contributed by atoms with Gasteiger partial charge in [0.25, 0.3) is 0 Å². The number of anilines is 3. The summed E-state index contributed by atoms with van der Waals surface area (Å²) in [6, 6.07) is 1.87. The molecule has 1 rings (SSSR count). The van der Waals surface area contributed by atoms with Crippen LogP contribution in [0.3, 0.4) is 0 Å². The number of thioether (sulfide) groups is 1. The third-order valence-corrected chi connectivity index (χ3v) is 2.90. The molecule has 0 fully saturated rings. The topological polar surface area (TPSA) is 178 Å². The van der Waals surface area contributed by atoms with Gasteiger partial charge in [-0.05, 0) is 6.26 Å². The second-order valence-corrected chi connectivity index (χ2v) is 4.48. The summed E-state index contributed by atoms with van der Waals surface area (Å²) in [5.41, 5.74) is 17.9. The Kier molecular flexibility index (Phi) is 5.97. The minimum Gasteiger partial charge on any atom is -0.403 e. The molecule has 0 unspecified atom stereocenters. The van der Waals surface area contributed by atoms with Crippen molar-refractivity contribution in [3.05, 3.63) is 17.5 Å². The molecule has 1 aromatic rings. The van der Waals surface area contributed by atoms with E-state index in [0.717, 1.165) is 0 Å². The largest absolute Gasteiger partial charge is 0.403 e. The van der Waals surface area contributed by atoms with Gasteiger partial charge in [-0.3, -0.25) is 4.99 Å². The molecule has 1 aromatic heterocycles. The Hall–Kier alpha value is -2.80. The fourth-order valence-electron chi connectivity index (χ4n) is 1.34. The Morgan fingerprint density at radius 2 is 2.10 bits per heavy atom. The van der Waals surface area contributed by atoms with Crippen LogP contribution < -0.4 is 27.9 Å². The summed E-state index contributed by atoms with van der Waals surface area (Å²) < 4.78 is 0. The molecule has 21 heavy (non-hydrogen) atoms. The molecule has 9 nitrogen and oxygen atoms in total. The summed E-state index contributed by atoms with van der Waals surface area (Å²) in [5.74, 6) is 0.465. The molecule has 0 aromatic carbocycles. The first kappa shape index (κ1) is 16.3. The van der Waals surface area contributed by atoms with Crippen molar-refractivity contribution in [2.24, 2.45) is 10.7 Å². The van der Waals surface area contributed by atoms with Gasteiger partial charge in [-0.1, -0.05) is 11.8 Å². The standard InChI is InChI=1S/C11H15N9S/c1-21-10(16)7-8(14)19-11(20-9(7)15)18-6(4-13)5-17-3-2-12/h4-5,16H,3,13H2,1H3,(H5,14,15,18,19,20)/p+1. The van der Waals surface area contributed by atoms with Gasteiger partial charge < -0.3 is 22.5 Å². The van der Waals surface area contributed by atoms with E-state index in [4.69, 9.17) is 27.9 Å². The van der Waals surface area contributed by atoms with Crippen molar-refractivity contribution in [1.82, 2.24) is 9.97 Å². The number of nitrogens with two attached hydrogens (primary N) is 4. The monoisotopic (exact) mass is 306 g/mol. The first-order valence-corrected chi connectivity index (χ1v) is 6.91. The highest BCUT2D eigenvalue weighted by Gasteiger charge is 2.18. The molecule has 10 heteroatoms. The summed E-state index contributed by atoms with van der Waals surface area (Å²) in [5, 5.41) is 17.4. The van der Waals surface area contributed by atoms with Crippen LogP contribution in [0.25, 0.3) is 0 Å². The summed E-state index contributed by atoms with van der Waals surface area (Å²) in [6.45, 7) is 0.0162. The lowest BCUT2D eigenvalue weighted by Crippen LogP contribution is -2.39. The molecular formula is C11H16N9S+. The third kappa shape index (κ3) is 4.36. The number of nitriles is 1. The van der Waals surface area contributed by atoms with Crippen molar-refractivity contribution >= 4 is 40.6 Å². The maximum atomic E-state index is 8.41. The molecule has 0 spiro atoms. The van der Waals surface area contributed by atoms with Crippen LogP contribution in [0, 0.1) is 11.3 Å². The fraction of sp³-hybridized carbons (Fsp3) is 0.182. The number of nitrogens with zero attached hydrogens (tertiary/aromatic N) is 4. The minimum absolute atomic E-state index is 0.0162. The number of aliphatic imine (C=N–C) groups is 1.